The predicted octanol–water partition coefficient (Wildman–Crippen LogP) is 0.341. The van der Waals surface area contributed by atoms with Crippen LogP contribution in [0.3, 0.4) is 0 Å². The van der Waals surface area contributed by atoms with E-state index in [2.05, 4.69) is 10.6 Å². The molecule has 126 valence electrons. The maximum atomic E-state index is 11.9. The molecule has 0 fully saturated rings. The molecular formula is C16H22N2O5. The lowest BCUT2D eigenvalue weighted by Gasteiger charge is -2.28. The Morgan fingerprint density at radius 3 is 2.39 bits per heavy atom. The van der Waals surface area contributed by atoms with Crippen LogP contribution in [0.4, 0.5) is 0 Å². The van der Waals surface area contributed by atoms with Gasteiger partial charge in [-0.15, -0.1) is 0 Å². The number of ether oxygens (including phenoxy) is 1. The number of carbonyl (C=O) groups excluding carboxylic acids is 2. The summed E-state index contributed by atoms with van der Waals surface area (Å²) in [6, 6.07) is 9.16. The van der Waals surface area contributed by atoms with E-state index >= 15 is 0 Å². The topological polar surface area (TPSA) is 105 Å². The van der Waals surface area contributed by atoms with Crippen LogP contribution in [-0.4, -0.2) is 48.7 Å². The quantitative estimate of drug-likeness (QED) is 0.608. The molecule has 2 amide bonds. The molecule has 1 aromatic rings. The second-order valence-electron chi connectivity index (χ2n) is 5.55. The fraction of sp³-hybridized carbons (Fsp3) is 0.438. The van der Waals surface area contributed by atoms with Gasteiger partial charge in [0.2, 0.25) is 11.8 Å². The van der Waals surface area contributed by atoms with Gasteiger partial charge in [0.1, 0.15) is 0 Å². The van der Waals surface area contributed by atoms with Crippen molar-refractivity contribution >= 4 is 17.8 Å². The van der Waals surface area contributed by atoms with Crippen LogP contribution in [0.5, 0.6) is 0 Å². The highest BCUT2D eigenvalue weighted by atomic mass is 16.5. The predicted molar refractivity (Wildman–Crippen MR) is 83.8 cm³/mol. The molecule has 3 N–H and O–H groups in total. The number of rotatable bonds is 9. The van der Waals surface area contributed by atoms with Crippen molar-refractivity contribution in [1.82, 2.24) is 10.6 Å². The van der Waals surface area contributed by atoms with E-state index in [0.29, 0.717) is 0 Å². The summed E-state index contributed by atoms with van der Waals surface area (Å²) < 4.78 is 4.95. The summed E-state index contributed by atoms with van der Waals surface area (Å²) in [6.45, 7) is 1.42. The van der Waals surface area contributed by atoms with Gasteiger partial charge in [-0.25, -0.2) is 0 Å². The zero-order chi connectivity index (χ0) is 17.3. The first-order chi connectivity index (χ1) is 10.8. The van der Waals surface area contributed by atoms with Crippen LogP contribution in [0, 0.1) is 0 Å². The molecule has 0 saturated heterocycles. The van der Waals surface area contributed by atoms with Crippen molar-refractivity contribution < 1.29 is 24.2 Å². The SMILES string of the molecule is COCC(C)(CC(=O)O)NC(=O)CNC(=O)Cc1ccccc1. The number of carboxylic acids is 1. The van der Waals surface area contributed by atoms with Crippen LogP contribution in [0.2, 0.25) is 0 Å². The molecule has 23 heavy (non-hydrogen) atoms. The molecule has 0 aliphatic carbocycles. The molecule has 0 aliphatic rings. The number of hydrogen-bond donors (Lipinski definition) is 3. The Morgan fingerprint density at radius 2 is 1.83 bits per heavy atom. The smallest absolute Gasteiger partial charge is 0.305 e. The summed E-state index contributed by atoms with van der Waals surface area (Å²) in [7, 11) is 1.42. The maximum Gasteiger partial charge on any atom is 0.305 e. The van der Waals surface area contributed by atoms with Gasteiger partial charge in [-0.05, 0) is 12.5 Å². The van der Waals surface area contributed by atoms with Crippen molar-refractivity contribution in [2.45, 2.75) is 25.3 Å². The average molecular weight is 322 g/mol. The first kappa shape index (κ1) is 18.6. The van der Waals surface area contributed by atoms with Gasteiger partial charge >= 0.3 is 5.97 Å². The van der Waals surface area contributed by atoms with Crippen LogP contribution in [-0.2, 0) is 25.5 Å². The summed E-state index contributed by atoms with van der Waals surface area (Å²) in [4.78, 5) is 34.5. The van der Waals surface area contributed by atoms with Crippen LogP contribution < -0.4 is 10.6 Å². The summed E-state index contributed by atoms with van der Waals surface area (Å²) >= 11 is 0. The zero-order valence-electron chi connectivity index (χ0n) is 13.3. The third kappa shape index (κ3) is 7.42. The van der Waals surface area contributed by atoms with Gasteiger partial charge in [-0.3, -0.25) is 14.4 Å². The van der Waals surface area contributed by atoms with Crippen molar-refractivity contribution in [2.24, 2.45) is 0 Å². The van der Waals surface area contributed by atoms with Crippen LogP contribution in [0.1, 0.15) is 18.9 Å². The summed E-state index contributed by atoms with van der Waals surface area (Å²) in [5.41, 5.74) is -0.178. The largest absolute Gasteiger partial charge is 0.481 e. The molecule has 0 saturated carbocycles. The fourth-order valence-corrected chi connectivity index (χ4v) is 2.19. The third-order valence-electron chi connectivity index (χ3n) is 3.10. The molecule has 0 bridgehead atoms. The lowest BCUT2D eigenvalue weighted by molar-refractivity contribution is -0.140. The van der Waals surface area contributed by atoms with E-state index in [1.807, 2.05) is 30.3 Å². The van der Waals surface area contributed by atoms with Crippen LogP contribution in [0.25, 0.3) is 0 Å². The van der Waals surface area contributed by atoms with Gasteiger partial charge < -0.3 is 20.5 Å². The Kier molecular flexibility index (Phi) is 7.21. The molecular weight excluding hydrogens is 300 g/mol. The minimum atomic E-state index is -1.04. The van der Waals surface area contributed by atoms with E-state index in [0.717, 1.165) is 5.56 Å². The van der Waals surface area contributed by atoms with Crippen molar-refractivity contribution in [3.63, 3.8) is 0 Å². The van der Waals surface area contributed by atoms with Crippen LogP contribution >= 0.6 is 0 Å². The van der Waals surface area contributed by atoms with E-state index in [4.69, 9.17) is 9.84 Å². The number of carboxylic acid groups (broad SMARTS) is 1. The molecule has 1 atom stereocenters. The molecule has 0 aliphatic heterocycles. The van der Waals surface area contributed by atoms with Gasteiger partial charge in [0.25, 0.3) is 0 Å². The Hall–Kier alpha value is -2.41. The van der Waals surface area contributed by atoms with E-state index in [9.17, 15) is 14.4 Å². The second kappa shape index (κ2) is 8.89. The number of aliphatic carboxylic acids is 1. The van der Waals surface area contributed by atoms with Gasteiger partial charge in [-0.2, -0.15) is 0 Å². The number of carbonyl (C=O) groups is 3. The summed E-state index contributed by atoms with van der Waals surface area (Å²) in [6.07, 6.45) is -0.0941. The number of benzene rings is 1. The molecule has 7 nitrogen and oxygen atoms in total. The monoisotopic (exact) mass is 322 g/mol. The Bertz CT molecular complexity index is 547. The number of methoxy groups -OCH3 is 1. The highest BCUT2D eigenvalue weighted by Gasteiger charge is 2.29. The maximum absolute atomic E-state index is 11.9. The number of amides is 2. The Balaban J connectivity index is 2.45. The number of nitrogens with one attached hydrogen (secondary N) is 2. The number of hydrogen-bond acceptors (Lipinski definition) is 4. The first-order valence-corrected chi connectivity index (χ1v) is 7.17. The summed E-state index contributed by atoms with van der Waals surface area (Å²) in [5.74, 6) is -1.79. The van der Waals surface area contributed by atoms with Gasteiger partial charge in [0, 0.05) is 7.11 Å². The fourth-order valence-electron chi connectivity index (χ4n) is 2.19. The Morgan fingerprint density at radius 1 is 1.17 bits per heavy atom. The van der Waals surface area contributed by atoms with Gasteiger partial charge in [0.05, 0.1) is 31.5 Å². The van der Waals surface area contributed by atoms with Crippen molar-refractivity contribution in [3.05, 3.63) is 35.9 Å². The van der Waals surface area contributed by atoms with E-state index in [1.54, 1.807) is 6.92 Å². The average Bonchev–Trinajstić information content (AvgIpc) is 2.45. The molecule has 0 radical (unpaired) electrons. The van der Waals surface area contributed by atoms with Crippen molar-refractivity contribution in [1.29, 1.82) is 0 Å². The minimum absolute atomic E-state index is 0.0585. The normalized spacial score (nSPS) is 13.0. The minimum Gasteiger partial charge on any atom is -0.481 e. The van der Waals surface area contributed by atoms with Crippen LogP contribution in [0.15, 0.2) is 30.3 Å². The molecule has 1 aromatic carbocycles. The summed E-state index contributed by atoms with van der Waals surface area (Å²) in [5, 5.41) is 14.0. The second-order valence-corrected chi connectivity index (χ2v) is 5.55. The molecule has 1 rings (SSSR count). The zero-order valence-corrected chi connectivity index (χ0v) is 13.3. The van der Waals surface area contributed by atoms with Crippen molar-refractivity contribution in [3.8, 4) is 0 Å². The standard InChI is InChI=1S/C16H22N2O5/c1-16(11-23-2,9-15(21)22)18-14(20)10-17-13(19)8-12-6-4-3-5-7-12/h3-7H,8-11H2,1-2H3,(H,17,19)(H,18,20)(H,21,22). The van der Waals surface area contributed by atoms with E-state index in [-0.39, 0.29) is 31.9 Å². The molecule has 0 aromatic heterocycles. The Labute approximate surface area is 135 Å². The van der Waals surface area contributed by atoms with Crippen molar-refractivity contribution in [2.75, 3.05) is 20.3 Å². The molecule has 0 heterocycles. The van der Waals surface area contributed by atoms with Gasteiger partial charge in [-0.1, -0.05) is 30.3 Å². The molecule has 7 heteroatoms. The third-order valence-corrected chi connectivity index (χ3v) is 3.10. The highest BCUT2D eigenvalue weighted by Crippen LogP contribution is 2.10. The lowest BCUT2D eigenvalue weighted by Crippen LogP contribution is -2.53. The lowest BCUT2D eigenvalue weighted by atomic mass is 9.99. The first-order valence-electron chi connectivity index (χ1n) is 7.17. The van der Waals surface area contributed by atoms with E-state index in [1.165, 1.54) is 7.11 Å². The molecule has 0 spiro atoms. The van der Waals surface area contributed by atoms with Gasteiger partial charge in [0.15, 0.2) is 0 Å². The molecule has 1 unspecified atom stereocenters. The highest BCUT2D eigenvalue weighted by molar-refractivity contribution is 5.86. The van der Waals surface area contributed by atoms with E-state index < -0.39 is 17.4 Å².